The van der Waals surface area contributed by atoms with Crippen LogP contribution in [-0.2, 0) is 10.0 Å². The van der Waals surface area contributed by atoms with Crippen molar-refractivity contribution in [3.05, 3.63) is 27.4 Å². The fourth-order valence-electron chi connectivity index (χ4n) is 1.41. The molecule has 1 aromatic heterocycles. The Balaban J connectivity index is 2.51. The molecule has 0 radical (unpaired) electrons. The van der Waals surface area contributed by atoms with E-state index in [2.05, 4.69) is 0 Å². The number of anilines is 1. The van der Waals surface area contributed by atoms with Crippen molar-refractivity contribution in [1.82, 2.24) is 0 Å². The maximum Gasteiger partial charge on any atom is 0.516 e. The number of sulfonamides is 1. The van der Waals surface area contributed by atoms with E-state index in [0.29, 0.717) is 16.9 Å². The molecule has 0 saturated carbocycles. The van der Waals surface area contributed by atoms with Crippen LogP contribution < -0.4 is 9.66 Å². The highest BCUT2D eigenvalue weighted by Gasteiger charge is 2.46. The Morgan fingerprint density at radius 1 is 1.32 bits per heavy atom. The van der Waals surface area contributed by atoms with Crippen LogP contribution in [0.15, 0.2) is 21.3 Å². The topological polar surface area (TPSA) is 76.4 Å². The molecule has 1 aromatic carbocycles. The summed E-state index contributed by atoms with van der Waals surface area (Å²) in [6, 6.07) is 2.27. The van der Waals surface area contributed by atoms with E-state index in [9.17, 15) is 26.4 Å². The van der Waals surface area contributed by atoms with Crippen LogP contribution >= 0.6 is 11.3 Å². The summed E-state index contributed by atoms with van der Waals surface area (Å²) < 4.78 is 65.1. The van der Waals surface area contributed by atoms with Crippen molar-refractivity contribution in [2.75, 3.05) is 4.72 Å². The molecule has 0 aliphatic heterocycles. The number of alkyl halides is 3. The van der Waals surface area contributed by atoms with E-state index in [1.165, 1.54) is 11.6 Å². The minimum absolute atomic E-state index is 0.227. The summed E-state index contributed by atoms with van der Waals surface area (Å²) in [6.45, 7) is 1.49. The Morgan fingerprint density at radius 3 is 2.53 bits per heavy atom. The van der Waals surface area contributed by atoms with Crippen molar-refractivity contribution in [3.8, 4) is 0 Å². The molecule has 0 spiro atoms. The van der Waals surface area contributed by atoms with Gasteiger partial charge in [0.1, 0.15) is 0 Å². The summed E-state index contributed by atoms with van der Waals surface area (Å²) in [5, 5.41) is 0. The smallest absolute Gasteiger partial charge is 0.414 e. The second-order valence-corrected chi connectivity index (χ2v) is 6.28. The quantitative estimate of drug-likeness (QED) is 0.924. The lowest BCUT2D eigenvalue weighted by Gasteiger charge is -2.10. The minimum Gasteiger partial charge on any atom is -0.414 e. The van der Waals surface area contributed by atoms with E-state index in [0.717, 1.165) is 12.1 Å². The largest absolute Gasteiger partial charge is 0.516 e. The molecule has 0 atom stereocenters. The van der Waals surface area contributed by atoms with Crippen molar-refractivity contribution >= 4 is 37.3 Å². The van der Waals surface area contributed by atoms with Crippen molar-refractivity contribution in [3.63, 3.8) is 0 Å². The summed E-state index contributed by atoms with van der Waals surface area (Å²) in [5.74, 6) is 0. The van der Waals surface area contributed by atoms with Crippen LogP contribution in [0.5, 0.6) is 0 Å². The minimum atomic E-state index is -5.48. The van der Waals surface area contributed by atoms with Crippen LogP contribution in [0.1, 0.15) is 5.56 Å². The highest BCUT2D eigenvalue weighted by atomic mass is 32.2. The van der Waals surface area contributed by atoms with Crippen molar-refractivity contribution in [1.29, 1.82) is 0 Å². The van der Waals surface area contributed by atoms with E-state index >= 15 is 0 Å². The normalized spacial score (nSPS) is 12.8. The molecule has 0 saturated heterocycles. The van der Waals surface area contributed by atoms with Crippen LogP contribution in [0.2, 0.25) is 0 Å². The number of benzene rings is 1. The van der Waals surface area contributed by atoms with Gasteiger partial charge in [0.15, 0.2) is 5.58 Å². The maximum atomic E-state index is 12.2. The lowest BCUT2D eigenvalue weighted by atomic mass is 10.2. The van der Waals surface area contributed by atoms with Crippen molar-refractivity contribution < 1.29 is 26.0 Å². The Morgan fingerprint density at radius 2 is 1.95 bits per heavy atom. The lowest BCUT2D eigenvalue weighted by Crippen LogP contribution is -2.29. The summed E-state index contributed by atoms with van der Waals surface area (Å²) in [6.07, 6.45) is 0. The molecule has 0 aliphatic rings. The number of hydrogen-bond donors (Lipinski definition) is 1. The molecular formula is C9H6F3NO4S2. The van der Waals surface area contributed by atoms with E-state index in [-0.39, 0.29) is 16.0 Å². The van der Waals surface area contributed by atoms with Gasteiger partial charge < -0.3 is 4.42 Å². The fraction of sp³-hybridized carbons (Fsp3) is 0.222. The fourth-order valence-corrected chi connectivity index (χ4v) is 2.74. The molecule has 104 valence electrons. The molecule has 2 rings (SSSR count). The summed E-state index contributed by atoms with van der Waals surface area (Å²) in [4.78, 5) is 10.4. The van der Waals surface area contributed by atoms with Crippen LogP contribution in [0, 0.1) is 6.92 Å². The highest BCUT2D eigenvalue weighted by molar-refractivity contribution is 7.93. The molecule has 0 aliphatic carbocycles. The maximum absolute atomic E-state index is 12.2. The Kier molecular flexibility index (Phi) is 3.09. The third kappa shape index (κ3) is 2.59. The van der Waals surface area contributed by atoms with Gasteiger partial charge in [0.25, 0.3) is 0 Å². The number of hydrogen-bond acceptors (Lipinski definition) is 5. The van der Waals surface area contributed by atoms with Crippen LogP contribution in [0.3, 0.4) is 0 Å². The first-order chi connectivity index (χ1) is 8.60. The third-order valence-corrected chi connectivity index (χ3v) is 4.06. The highest BCUT2D eigenvalue weighted by Crippen LogP contribution is 2.29. The Labute approximate surface area is 108 Å². The molecule has 0 amide bonds. The molecule has 0 fully saturated rings. The molecule has 5 nitrogen and oxygen atoms in total. The zero-order chi connectivity index (χ0) is 14.4. The van der Waals surface area contributed by atoms with Crippen molar-refractivity contribution in [2.45, 2.75) is 12.4 Å². The van der Waals surface area contributed by atoms with Crippen LogP contribution in [0.25, 0.3) is 10.3 Å². The monoisotopic (exact) mass is 313 g/mol. The van der Waals surface area contributed by atoms with Gasteiger partial charge in [-0.25, -0.2) is 4.79 Å². The average molecular weight is 313 g/mol. The molecule has 2 aromatic rings. The van der Waals surface area contributed by atoms with E-state index in [1.807, 2.05) is 0 Å². The predicted molar refractivity (Wildman–Crippen MR) is 63.7 cm³/mol. The van der Waals surface area contributed by atoms with Gasteiger partial charge in [-0.2, -0.15) is 21.6 Å². The summed E-state index contributed by atoms with van der Waals surface area (Å²) in [5.41, 5.74) is -5.10. The number of nitrogens with one attached hydrogen (secondary N) is 1. The van der Waals surface area contributed by atoms with E-state index in [1.54, 1.807) is 0 Å². The Bertz CT molecular complexity index is 788. The summed E-state index contributed by atoms with van der Waals surface area (Å²) >= 11 is 0.676. The second kappa shape index (κ2) is 4.23. The van der Waals surface area contributed by atoms with Gasteiger partial charge in [-0.1, -0.05) is 11.3 Å². The zero-order valence-electron chi connectivity index (χ0n) is 9.24. The standard InChI is InChI=1S/C9H6F3NO4S2/c1-4-2-5(13-19(15,16)9(10,11)12)3-6-7(4)17-8(14)18-6/h2-3,13H,1H3. The second-order valence-electron chi connectivity index (χ2n) is 3.63. The third-order valence-electron chi connectivity index (χ3n) is 2.18. The average Bonchev–Trinajstić information content (AvgIpc) is 2.56. The molecule has 1 heterocycles. The lowest BCUT2D eigenvalue weighted by molar-refractivity contribution is -0.0429. The molecule has 0 unspecified atom stereocenters. The van der Waals surface area contributed by atoms with Gasteiger partial charge in [-0.15, -0.1) is 0 Å². The number of rotatable bonds is 2. The van der Waals surface area contributed by atoms with Gasteiger partial charge in [-0.05, 0) is 24.6 Å². The number of halogens is 3. The SMILES string of the molecule is Cc1cc(NS(=O)(=O)C(F)(F)F)cc2sc(=O)oc12. The van der Waals surface area contributed by atoms with Gasteiger partial charge >= 0.3 is 20.5 Å². The molecule has 19 heavy (non-hydrogen) atoms. The van der Waals surface area contributed by atoms with Gasteiger partial charge in [0, 0.05) is 0 Å². The van der Waals surface area contributed by atoms with Crippen molar-refractivity contribution in [2.24, 2.45) is 0 Å². The van der Waals surface area contributed by atoms with E-state index < -0.39 is 20.5 Å². The van der Waals surface area contributed by atoms with Crippen LogP contribution in [-0.4, -0.2) is 13.9 Å². The number of aryl methyl sites for hydroxylation is 1. The van der Waals surface area contributed by atoms with Gasteiger partial charge in [0.05, 0.1) is 10.4 Å². The predicted octanol–water partition coefficient (Wildman–Crippen LogP) is 2.42. The summed E-state index contributed by atoms with van der Waals surface area (Å²) in [7, 11) is -5.48. The Hall–Kier alpha value is -1.55. The first-order valence-corrected chi connectivity index (χ1v) is 7.03. The van der Waals surface area contributed by atoms with E-state index in [4.69, 9.17) is 4.42 Å². The van der Waals surface area contributed by atoms with Crippen LogP contribution in [0.4, 0.5) is 18.9 Å². The molecule has 1 N–H and O–H groups in total. The molecule has 0 bridgehead atoms. The van der Waals surface area contributed by atoms with Gasteiger partial charge in [-0.3, -0.25) is 4.72 Å². The zero-order valence-corrected chi connectivity index (χ0v) is 10.9. The molecular weight excluding hydrogens is 307 g/mol. The number of fused-ring (bicyclic) bond motifs is 1. The first kappa shape index (κ1) is 13.9. The first-order valence-electron chi connectivity index (χ1n) is 4.73. The molecule has 10 heteroatoms. The van der Waals surface area contributed by atoms with Gasteiger partial charge in [0.2, 0.25) is 0 Å².